The summed E-state index contributed by atoms with van der Waals surface area (Å²) in [7, 11) is 0. The molecule has 0 saturated heterocycles. The Morgan fingerprint density at radius 1 is 1.35 bits per heavy atom. The molecule has 20 heavy (non-hydrogen) atoms. The van der Waals surface area contributed by atoms with E-state index in [9.17, 15) is 4.79 Å². The number of hydrogen-bond donors (Lipinski definition) is 2. The summed E-state index contributed by atoms with van der Waals surface area (Å²) in [5.41, 5.74) is 0.540. The first-order valence-electron chi connectivity index (χ1n) is 6.75. The zero-order valence-electron chi connectivity index (χ0n) is 13.0. The Hall–Kier alpha value is -1.36. The highest BCUT2D eigenvalue weighted by Gasteiger charge is 2.22. The second-order valence-corrected chi connectivity index (χ2v) is 6.18. The molecule has 0 aliphatic rings. The molecule has 5 nitrogen and oxygen atoms in total. The average molecular weight is 299 g/mol. The molecule has 0 aromatic carbocycles. The molecule has 6 heteroatoms. The van der Waals surface area contributed by atoms with E-state index in [-0.39, 0.29) is 17.4 Å². The summed E-state index contributed by atoms with van der Waals surface area (Å²) in [6.07, 6.45) is 0. The van der Waals surface area contributed by atoms with Crippen LogP contribution < -0.4 is 10.6 Å². The first-order valence-corrected chi connectivity index (χ1v) is 7.13. The lowest BCUT2D eigenvalue weighted by atomic mass is 9.95. The fraction of sp³-hybridized carbons (Fsp3) is 0.643. The lowest BCUT2D eigenvalue weighted by Gasteiger charge is -2.21. The monoisotopic (exact) mass is 298 g/mol. The van der Waals surface area contributed by atoms with Gasteiger partial charge in [0.25, 0.3) is 0 Å². The van der Waals surface area contributed by atoms with Gasteiger partial charge in [0.05, 0.1) is 0 Å². The first kappa shape index (κ1) is 16.7. The standard InChI is InChI=1S/C14H23ClN4O/c1-7-16-12(20)9(3)17-11-8(2)10(15)18-13(19-11)14(4,5)6/h9H,7H2,1-6H3,(H,16,20)(H,17,18,19). The summed E-state index contributed by atoms with van der Waals surface area (Å²) >= 11 is 6.16. The molecule has 0 bridgehead atoms. The van der Waals surface area contributed by atoms with Crippen molar-refractivity contribution in [3.05, 3.63) is 16.5 Å². The second kappa shape index (κ2) is 6.39. The third kappa shape index (κ3) is 4.07. The molecular formula is C14H23ClN4O. The molecule has 0 fully saturated rings. The summed E-state index contributed by atoms with van der Waals surface area (Å²) in [5, 5.41) is 6.28. The quantitative estimate of drug-likeness (QED) is 0.839. The fourth-order valence-corrected chi connectivity index (χ4v) is 1.73. The van der Waals surface area contributed by atoms with Crippen LogP contribution >= 0.6 is 11.6 Å². The molecule has 1 rings (SSSR count). The van der Waals surface area contributed by atoms with Gasteiger partial charge in [-0.1, -0.05) is 32.4 Å². The van der Waals surface area contributed by atoms with Crippen molar-refractivity contribution in [1.82, 2.24) is 15.3 Å². The average Bonchev–Trinajstić information content (AvgIpc) is 2.33. The summed E-state index contributed by atoms with van der Waals surface area (Å²) in [5.74, 6) is 1.19. The molecule has 1 amide bonds. The Balaban J connectivity index is 3.06. The van der Waals surface area contributed by atoms with E-state index in [1.807, 2.05) is 34.6 Å². The number of hydrogen-bond acceptors (Lipinski definition) is 4. The molecule has 0 radical (unpaired) electrons. The van der Waals surface area contributed by atoms with Crippen molar-refractivity contribution in [3.8, 4) is 0 Å². The van der Waals surface area contributed by atoms with Gasteiger partial charge >= 0.3 is 0 Å². The van der Waals surface area contributed by atoms with Crippen LogP contribution in [0.1, 0.15) is 46.0 Å². The summed E-state index contributed by atoms with van der Waals surface area (Å²) in [4.78, 5) is 20.6. The molecule has 0 aliphatic heterocycles. The van der Waals surface area contributed by atoms with Crippen molar-refractivity contribution in [2.24, 2.45) is 0 Å². The number of anilines is 1. The Bertz CT molecular complexity index is 497. The largest absolute Gasteiger partial charge is 0.358 e. The Kier molecular flexibility index (Phi) is 5.34. The number of halogens is 1. The van der Waals surface area contributed by atoms with Crippen LogP contribution in [0, 0.1) is 6.92 Å². The maximum absolute atomic E-state index is 11.8. The van der Waals surface area contributed by atoms with E-state index >= 15 is 0 Å². The highest BCUT2D eigenvalue weighted by molar-refractivity contribution is 6.30. The Morgan fingerprint density at radius 3 is 2.45 bits per heavy atom. The minimum atomic E-state index is -0.382. The van der Waals surface area contributed by atoms with E-state index in [2.05, 4.69) is 20.6 Å². The molecule has 1 aromatic rings. The summed E-state index contributed by atoms with van der Waals surface area (Å²) in [6, 6.07) is -0.382. The van der Waals surface area contributed by atoms with Crippen molar-refractivity contribution in [2.45, 2.75) is 53.0 Å². The van der Waals surface area contributed by atoms with Crippen molar-refractivity contribution in [2.75, 3.05) is 11.9 Å². The van der Waals surface area contributed by atoms with Crippen LogP contribution in [0.15, 0.2) is 0 Å². The number of carbonyl (C=O) groups is 1. The van der Waals surface area contributed by atoms with Crippen LogP contribution in [0.4, 0.5) is 5.82 Å². The number of likely N-dealkylation sites (N-methyl/N-ethyl adjacent to an activating group) is 1. The molecule has 1 aromatic heterocycles. The third-order valence-electron chi connectivity index (χ3n) is 2.85. The van der Waals surface area contributed by atoms with Gasteiger partial charge in [-0.15, -0.1) is 0 Å². The van der Waals surface area contributed by atoms with Crippen molar-refractivity contribution in [3.63, 3.8) is 0 Å². The smallest absolute Gasteiger partial charge is 0.242 e. The first-order chi connectivity index (χ1) is 9.16. The number of aromatic nitrogens is 2. The Morgan fingerprint density at radius 2 is 1.95 bits per heavy atom. The predicted octanol–water partition coefficient (Wildman–Crippen LogP) is 2.67. The number of nitrogens with one attached hydrogen (secondary N) is 2. The molecule has 0 spiro atoms. The van der Waals surface area contributed by atoms with Gasteiger partial charge in [-0.25, -0.2) is 9.97 Å². The third-order valence-corrected chi connectivity index (χ3v) is 3.22. The topological polar surface area (TPSA) is 66.9 Å². The summed E-state index contributed by atoms with van der Waals surface area (Å²) < 4.78 is 0. The highest BCUT2D eigenvalue weighted by Crippen LogP contribution is 2.26. The number of carbonyl (C=O) groups excluding carboxylic acids is 1. The van der Waals surface area contributed by atoms with E-state index in [0.717, 1.165) is 5.56 Å². The van der Waals surface area contributed by atoms with E-state index in [4.69, 9.17) is 11.6 Å². The molecule has 0 aliphatic carbocycles. The van der Waals surface area contributed by atoms with Crippen LogP contribution in [0.3, 0.4) is 0 Å². The van der Waals surface area contributed by atoms with Gasteiger partial charge in [0.1, 0.15) is 22.8 Å². The number of rotatable bonds is 4. The zero-order chi connectivity index (χ0) is 15.5. The molecular weight excluding hydrogens is 276 g/mol. The molecule has 2 N–H and O–H groups in total. The van der Waals surface area contributed by atoms with E-state index in [1.165, 1.54) is 0 Å². The van der Waals surface area contributed by atoms with Gasteiger partial charge in [-0.05, 0) is 20.8 Å². The van der Waals surface area contributed by atoms with Gasteiger partial charge in [0.15, 0.2) is 0 Å². The Labute approximate surface area is 125 Å². The summed E-state index contributed by atoms with van der Waals surface area (Å²) in [6.45, 7) is 12.2. The van der Waals surface area contributed by atoms with E-state index in [0.29, 0.717) is 23.3 Å². The van der Waals surface area contributed by atoms with Crippen LogP contribution in [-0.4, -0.2) is 28.5 Å². The highest BCUT2D eigenvalue weighted by atomic mass is 35.5. The SMILES string of the molecule is CCNC(=O)C(C)Nc1nc(C(C)(C)C)nc(Cl)c1C. The molecule has 1 heterocycles. The van der Waals surface area contributed by atoms with Crippen molar-refractivity contribution in [1.29, 1.82) is 0 Å². The van der Waals surface area contributed by atoms with Gasteiger partial charge in [-0.2, -0.15) is 0 Å². The molecule has 0 saturated carbocycles. The lowest BCUT2D eigenvalue weighted by Crippen LogP contribution is -2.38. The van der Waals surface area contributed by atoms with Crippen LogP contribution in [0.25, 0.3) is 0 Å². The predicted molar refractivity (Wildman–Crippen MR) is 82.2 cm³/mol. The zero-order valence-corrected chi connectivity index (χ0v) is 13.7. The van der Waals surface area contributed by atoms with E-state index < -0.39 is 0 Å². The van der Waals surface area contributed by atoms with Crippen molar-refractivity contribution >= 4 is 23.3 Å². The maximum atomic E-state index is 11.8. The van der Waals surface area contributed by atoms with Gasteiger partial charge in [-0.3, -0.25) is 4.79 Å². The van der Waals surface area contributed by atoms with Crippen LogP contribution in [0.2, 0.25) is 5.15 Å². The maximum Gasteiger partial charge on any atom is 0.242 e. The molecule has 1 atom stereocenters. The number of amides is 1. The van der Waals surface area contributed by atoms with Crippen LogP contribution in [0.5, 0.6) is 0 Å². The minimum Gasteiger partial charge on any atom is -0.358 e. The lowest BCUT2D eigenvalue weighted by molar-refractivity contribution is -0.121. The molecule has 1 unspecified atom stereocenters. The second-order valence-electron chi connectivity index (χ2n) is 5.82. The number of nitrogens with zero attached hydrogens (tertiary/aromatic N) is 2. The van der Waals surface area contributed by atoms with Crippen LogP contribution in [-0.2, 0) is 10.2 Å². The van der Waals surface area contributed by atoms with Gasteiger partial charge in [0, 0.05) is 17.5 Å². The van der Waals surface area contributed by atoms with Gasteiger partial charge < -0.3 is 10.6 Å². The van der Waals surface area contributed by atoms with Gasteiger partial charge in [0.2, 0.25) is 5.91 Å². The minimum absolute atomic E-state index is 0.0704. The van der Waals surface area contributed by atoms with E-state index in [1.54, 1.807) is 6.92 Å². The molecule has 112 valence electrons. The normalized spacial score (nSPS) is 12.9. The fourth-order valence-electron chi connectivity index (χ4n) is 1.56. The van der Waals surface area contributed by atoms with Crippen molar-refractivity contribution < 1.29 is 4.79 Å².